The fourth-order valence-electron chi connectivity index (χ4n) is 1.76. The first-order valence-electron chi connectivity index (χ1n) is 5.77. The second-order valence-corrected chi connectivity index (χ2v) is 3.91. The van der Waals surface area contributed by atoms with Crippen molar-refractivity contribution < 1.29 is 4.79 Å². The molecule has 2 amide bonds. The standard InChI is InChI=1S/C7H4N2O.C7H6N2/c10-7-8-5-3-1-2-4-6(5)9-7;1-2-4-7-6(3-1)8-5-9-7/h1-4H;1-5H,(H,8,9). The molecule has 0 spiro atoms. The number of amides is 2. The molecule has 0 radical (unpaired) electrons. The summed E-state index contributed by atoms with van der Waals surface area (Å²) in [5.74, 6) is 0. The van der Waals surface area contributed by atoms with Gasteiger partial charge in [-0.05, 0) is 24.3 Å². The van der Waals surface area contributed by atoms with Gasteiger partial charge in [0.2, 0.25) is 0 Å². The highest BCUT2D eigenvalue weighted by Crippen LogP contribution is 2.05. The summed E-state index contributed by atoms with van der Waals surface area (Å²) in [6, 6.07) is 14.7. The van der Waals surface area contributed by atoms with Crippen molar-refractivity contribution in [2.24, 2.45) is 9.98 Å². The highest BCUT2D eigenvalue weighted by atomic mass is 16.2. The van der Waals surface area contributed by atoms with E-state index in [0.29, 0.717) is 10.7 Å². The van der Waals surface area contributed by atoms with Crippen molar-refractivity contribution in [2.75, 3.05) is 0 Å². The third-order valence-corrected chi connectivity index (χ3v) is 2.64. The van der Waals surface area contributed by atoms with Gasteiger partial charge in [0.1, 0.15) is 0 Å². The predicted octanol–water partition coefficient (Wildman–Crippen LogP) is 1.62. The topological polar surface area (TPSA) is 70.5 Å². The Balaban J connectivity index is 0.000000117. The summed E-state index contributed by atoms with van der Waals surface area (Å²) in [7, 11) is 0. The van der Waals surface area contributed by atoms with Gasteiger partial charge in [0.25, 0.3) is 0 Å². The molecule has 0 atom stereocenters. The molecule has 4 rings (SSSR count). The minimum absolute atomic E-state index is 0.402. The average Bonchev–Trinajstić information content (AvgIpc) is 3.03. The van der Waals surface area contributed by atoms with E-state index >= 15 is 0 Å². The zero-order valence-corrected chi connectivity index (χ0v) is 9.95. The first-order chi connectivity index (χ1) is 9.33. The van der Waals surface area contributed by atoms with E-state index in [-0.39, 0.29) is 0 Å². The van der Waals surface area contributed by atoms with Crippen LogP contribution in [0.4, 0.5) is 4.79 Å². The summed E-state index contributed by atoms with van der Waals surface area (Å²) in [6.45, 7) is 0. The van der Waals surface area contributed by atoms with Gasteiger partial charge in [0.05, 0.1) is 28.1 Å². The zero-order valence-electron chi connectivity index (χ0n) is 9.95. The monoisotopic (exact) mass is 250 g/mol. The molecule has 0 bridgehead atoms. The summed E-state index contributed by atoms with van der Waals surface area (Å²) in [5, 5.41) is 1.35. The maximum atomic E-state index is 10.6. The number of urea groups is 1. The second-order valence-electron chi connectivity index (χ2n) is 3.91. The molecule has 1 N–H and O–H groups in total. The van der Waals surface area contributed by atoms with E-state index in [2.05, 4.69) is 20.0 Å². The van der Waals surface area contributed by atoms with Gasteiger partial charge < -0.3 is 4.98 Å². The number of nitrogens with one attached hydrogen (secondary N) is 1. The molecule has 92 valence electrons. The maximum Gasteiger partial charge on any atom is 0.368 e. The summed E-state index contributed by atoms with van der Waals surface area (Å²) in [5.41, 5.74) is 2.12. The third-order valence-electron chi connectivity index (χ3n) is 2.64. The number of aromatic nitrogens is 2. The van der Waals surface area contributed by atoms with Crippen molar-refractivity contribution in [3.05, 3.63) is 65.6 Å². The number of rotatable bonds is 0. The number of hydrogen-bond acceptors (Lipinski definition) is 2. The second kappa shape index (κ2) is 4.81. The molecule has 1 aliphatic rings. The summed E-state index contributed by atoms with van der Waals surface area (Å²) in [6.07, 6.45) is 1.70. The van der Waals surface area contributed by atoms with E-state index in [1.165, 1.54) is 0 Å². The van der Waals surface area contributed by atoms with Crippen molar-refractivity contribution in [1.82, 2.24) is 9.97 Å². The number of benzene rings is 2. The normalized spacial score (nSPS) is 12.1. The molecule has 0 saturated heterocycles. The number of carbonyl (C=O) groups excluding carboxylic acids is 1. The molecule has 5 nitrogen and oxygen atoms in total. The third kappa shape index (κ3) is 2.40. The Kier molecular flexibility index (Phi) is 2.86. The maximum absolute atomic E-state index is 10.6. The van der Waals surface area contributed by atoms with Crippen LogP contribution in [0.5, 0.6) is 0 Å². The van der Waals surface area contributed by atoms with Crippen molar-refractivity contribution >= 4 is 17.1 Å². The van der Waals surface area contributed by atoms with Crippen molar-refractivity contribution in [1.29, 1.82) is 0 Å². The number of carbonyl (C=O) groups is 1. The van der Waals surface area contributed by atoms with Crippen molar-refractivity contribution in [2.45, 2.75) is 0 Å². The highest BCUT2D eigenvalue weighted by molar-refractivity contribution is 5.77. The Morgan fingerprint density at radius 3 is 2.16 bits per heavy atom. The molecule has 19 heavy (non-hydrogen) atoms. The van der Waals surface area contributed by atoms with Crippen LogP contribution in [0.15, 0.2) is 64.8 Å². The van der Waals surface area contributed by atoms with Crippen LogP contribution in [-0.2, 0) is 0 Å². The van der Waals surface area contributed by atoms with Crippen LogP contribution < -0.4 is 10.7 Å². The molecule has 1 aliphatic heterocycles. The molecule has 2 heterocycles. The fraction of sp³-hybridized carbons (Fsp3) is 0. The minimum Gasteiger partial charge on any atom is -0.345 e. The fourth-order valence-corrected chi connectivity index (χ4v) is 1.76. The first kappa shape index (κ1) is 11.3. The molecule has 0 aliphatic carbocycles. The Hall–Kier alpha value is -2.82. The van der Waals surface area contributed by atoms with Crippen LogP contribution in [0.25, 0.3) is 11.0 Å². The molecule has 2 aromatic carbocycles. The molecule has 3 aromatic rings. The summed E-state index contributed by atoms with van der Waals surface area (Å²) < 4.78 is 0. The van der Waals surface area contributed by atoms with Crippen LogP contribution in [-0.4, -0.2) is 16.0 Å². The molecular formula is C14H10N4O. The van der Waals surface area contributed by atoms with Crippen LogP contribution in [0.2, 0.25) is 0 Å². The van der Waals surface area contributed by atoms with Gasteiger partial charge in [0.15, 0.2) is 0 Å². The minimum atomic E-state index is -0.402. The average molecular weight is 250 g/mol. The summed E-state index contributed by atoms with van der Waals surface area (Å²) in [4.78, 5) is 24.9. The van der Waals surface area contributed by atoms with Crippen LogP contribution in [0.1, 0.15) is 0 Å². The Labute approximate surface area is 108 Å². The van der Waals surface area contributed by atoms with Gasteiger partial charge in [-0.25, -0.2) is 9.78 Å². The van der Waals surface area contributed by atoms with E-state index < -0.39 is 6.03 Å². The largest absolute Gasteiger partial charge is 0.368 e. The van der Waals surface area contributed by atoms with Gasteiger partial charge >= 0.3 is 6.03 Å². The Morgan fingerprint density at radius 2 is 1.47 bits per heavy atom. The number of fused-ring (bicyclic) bond motifs is 2. The molecule has 0 fully saturated rings. The van der Waals surface area contributed by atoms with Gasteiger partial charge in [0, 0.05) is 0 Å². The van der Waals surface area contributed by atoms with Crippen molar-refractivity contribution in [3.8, 4) is 0 Å². The number of nitrogens with zero attached hydrogens (tertiary/aromatic N) is 3. The van der Waals surface area contributed by atoms with Crippen LogP contribution >= 0.6 is 0 Å². The molecule has 5 heteroatoms. The summed E-state index contributed by atoms with van der Waals surface area (Å²) >= 11 is 0. The number of hydrogen-bond donors (Lipinski definition) is 1. The molecule has 0 unspecified atom stereocenters. The number of imidazole rings is 1. The number of H-pyrrole nitrogens is 1. The number of para-hydroxylation sites is 4. The zero-order chi connectivity index (χ0) is 13.1. The van der Waals surface area contributed by atoms with E-state index in [1.54, 1.807) is 18.5 Å². The lowest BCUT2D eigenvalue weighted by Gasteiger charge is -1.81. The van der Waals surface area contributed by atoms with E-state index in [1.807, 2.05) is 36.4 Å². The quantitative estimate of drug-likeness (QED) is 0.658. The first-order valence-corrected chi connectivity index (χ1v) is 5.77. The lowest BCUT2D eigenvalue weighted by Crippen LogP contribution is -2.19. The van der Waals surface area contributed by atoms with E-state index in [0.717, 1.165) is 11.0 Å². The van der Waals surface area contributed by atoms with Crippen LogP contribution in [0, 0.1) is 0 Å². The molecule has 0 saturated carbocycles. The number of aromatic amines is 1. The Morgan fingerprint density at radius 1 is 0.842 bits per heavy atom. The lowest BCUT2D eigenvalue weighted by molar-refractivity contribution is 0.256. The van der Waals surface area contributed by atoms with Gasteiger partial charge in [-0.1, -0.05) is 24.3 Å². The SMILES string of the molecule is O=C1N=c2ccccc2=N1.c1ccc2[nH]cnc2c1. The highest BCUT2D eigenvalue weighted by Gasteiger charge is 2.01. The molecular weight excluding hydrogens is 240 g/mol. The van der Waals surface area contributed by atoms with Gasteiger partial charge in [-0.15, -0.1) is 0 Å². The Bertz CT molecular complexity index is 784. The molecule has 1 aromatic heterocycles. The van der Waals surface area contributed by atoms with Gasteiger partial charge in [-0.3, -0.25) is 0 Å². The van der Waals surface area contributed by atoms with Gasteiger partial charge in [-0.2, -0.15) is 9.98 Å². The predicted molar refractivity (Wildman–Crippen MR) is 70.2 cm³/mol. The van der Waals surface area contributed by atoms with E-state index in [4.69, 9.17) is 0 Å². The van der Waals surface area contributed by atoms with E-state index in [9.17, 15) is 4.79 Å². The smallest absolute Gasteiger partial charge is 0.345 e. The van der Waals surface area contributed by atoms with Crippen LogP contribution in [0.3, 0.4) is 0 Å². The lowest BCUT2D eigenvalue weighted by atomic mass is 10.3. The van der Waals surface area contributed by atoms with Crippen molar-refractivity contribution in [3.63, 3.8) is 0 Å².